The minimum absolute atomic E-state index is 0.269. The Morgan fingerprint density at radius 2 is 2.18 bits per heavy atom. The van der Waals surface area contributed by atoms with Crippen molar-refractivity contribution in [3.05, 3.63) is 44.2 Å². The maximum absolute atomic E-state index is 12.4. The SMILES string of the molecule is COc1cc(/C=C/C(=O)Nc2sc3c(c2C#N)CCC(C)C3)cc(Br)c1OC. The molecule has 0 fully saturated rings. The molecule has 28 heavy (non-hydrogen) atoms. The Labute approximate surface area is 177 Å². The summed E-state index contributed by atoms with van der Waals surface area (Å²) in [5, 5.41) is 13.1. The van der Waals surface area contributed by atoms with Crippen LogP contribution in [0.15, 0.2) is 22.7 Å². The maximum atomic E-state index is 12.4. The van der Waals surface area contributed by atoms with Gasteiger partial charge in [-0.25, -0.2) is 0 Å². The number of carbonyl (C=O) groups is 1. The summed E-state index contributed by atoms with van der Waals surface area (Å²) in [6.07, 6.45) is 6.11. The fraction of sp³-hybridized carbons (Fsp3) is 0.333. The van der Waals surface area contributed by atoms with Gasteiger partial charge in [0.25, 0.3) is 0 Å². The third kappa shape index (κ3) is 4.23. The molecule has 0 radical (unpaired) electrons. The molecule has 1 atom stereocenters. The van der Waals surface area contributed by atoms with Crippen molar-refractivity contribution in [3.8, 4) is 17.6 Å². The predicted molar refractivity (Wildman–Crippen MR) is 115 cm³/mol. The molecule has 0 aliphatic heterocycles. The number of anilines is 1. The first-order valence-corrected chi connectivity index (χ1v) is 10.5. The molecule has 0 bridgehead atoms. The molecule has 1 aromatic carbocycles. The largest absolute Gasteiger partial charge is 0.493 e. The minimum Gasteiger partial charge on any atom is -0.493 e. The molecule has 0 saturated carbocycles. The molecule has 5 nitrogen and oxygen atoms in total. The van der Waals surface area contributed by atoms with Crippen molar-refractivity contribution in [1.82, 2.24) is 0 Å². The van der Waals surface area contributed by atoms with Crippen molar-refractivity contribution in [3.63, 3.8) is 0 Å². The molecule has 1 aromatic heterocycles. The van der Waals surface area contributed by atoms with Crippen LogP contribution < -0.4 is 14.8 Å². The number of halogens is 1. The normalized spacial score (nSPS) is 15.8. The molecule has 1 unspecified atom stereocenters. The van der Waals surface area contributed by atoms with E-state index in [1.165, 1.54) is 22.3 Å². The molecular formula is C21H21BrN2O3S. The van der Waals surface area contributed by atoms with E-state index in [1.807, 2.05) is 6.07 Å². The highest BCUT2D eigenvalue weighted by Gasteiger charge is 2.24. The lowest BCUT2D eigenvalue weighted by Gasteiger charge is -2.17. The van der Waals surface area contributed by atoms with Crippen LogP contribution in [-0.2, 0) is 17.6 Å². The van der Waals surface area contributed by atoms with Gasteiger partial charge in [0.15, 0.2) is 11.5 Å². The molecule has 1 heterocycles. The van der Waals surface area contributed by atoms with Gasteiger partial charge in [-0.15, -0.1) is 11.3 Å². The van der Waals surface area contributed by atoms with Crippen LogP contribution in [0, 0.1) is 17.2 Å². The highest BCUT2D eigenvalue weighted by molar-refractivity contribution is 9.10. The van der Waals surface area contributed by atoms with Crippen molar-refractivity contribution in [2.24, 2.45) is 5.92 Å². The zero-order chi connectivity index (χ0) is 20.3. The first-order chi connectivity index (χ1) is 13.5. The van der Waals surface area contributed by atoms with Crippen molar-refractivity contribution in [2.45, 2.75) is 26.2 Å². The summed E-state index contributed by atoms with van der Waals surface area (Å²) in [7, 11) is 3.13. The Kier molecular flexibility index (Phi) is 6.42. The van der Waals surface area contributed by atoms with Crippen molar-refractivity contribution >= 4 is 44.3 Å². The number of ether oxygens (including phenoxy) is 2. The first kappa shape index (κ1) is 20.4. The lowest BCUT2D eigenvalue weighted by atomic mass is 9.89. The summed E-state index contributed by atoms with van der Waals surface area (Å²) in [6, 6.07) is 5.90. The molecule has 7 heteroatoms. The van der Waals surface area contributed by atoms with E-state index in [0.29, 0.717) is 28.0 Å². The number of rotatable bonds is 5. The fourth-order valence-corrected chi connectivity index (χ4v) is 5.30. The van der Waals surface area contributed by atoms with Gasteiger partial charge in [-0.2, -0.15) is 5.26 Å². The Bertz CT molecular complexity index is 975. The lowest BCUT2D eigenvalue weighted by molar-refractivity contribution is -0.111. The number of nitrogens with one attached hydrogen (secondary N) is 1. The monoisotopic (exact) mass is 460 g/mol. The van der Waals surface area contributed by atoms with Gasteiger partial charge in [0.2, 0.25) is 5.91 Å². The average Bonchev–Trinajstić information content (AvgIpc) is 3.01. The van der Waals surface area contributed by atoms with Gasteiger partial charge in [0.05, 0.1) is 24.3 Å². The van der Waals surface area contributed by atoms with Crippen LogP contribution in [0.25, 0.3) is 6.08 Å². The zero-order valence-corrected chi connectivity index (χ0v) is 18.4. The molecule has 3 rings (SSSR count). The smallest absolute Gasteiger partial charge is 0.249 e. The second kappa shape index (κ2) is 8.80. The first-order valence-electron chi connectivity index (χ1n) is 8.92. The Morgan fingerprint density at radius 3 is 2.86 bits per heavy atom. The summed E-state index contributed by atoms with van der Waals surface area (Å²) in [6.45, 7) is 2.22. The molecule has 0 saturated heterocycles. The van der Waals surface area contributed by atoms with Crippen LogP contribution in [-0.4, -0.2) is 20.1 Å². The summed E-state index contributed by atoms with van der Waals surface area (Å²) in [5.41, 5.74) is 2.51. The summed E-state index contributed by atoms with van der Waals surface area (Å²) < 4.78 is 11.4. The zero-order valence-electron chi connectivity index (χ0n) is 16.0. The molecule has 1 amide bonds. The van der Waals surface area contributed by atoms with E-state index >= 15 is 0 Å². The number of methoxy groups -OCH3 is 2. The highest BCUT2D eigenvalue weighted by Crippen LogP contribution is 2.39. The van der Waals surface area contributed by atoms with Crippen LogP contribution in [0.3, 0.4) is 0 Å². The number of hydrogen-bond donors (Lipinski definition) is 1. The van der Waals surface area contributed by atoms with E-state index in [0.717, 1.165) is 34.9 Å². The van der Waals surface area contributed by atoms with Crippen LogP contribution >= 0.6 is 27.3 Å². The van der Waals surface area contributed by atoms with Gasteiger partial charge < -0.3 is 14.8 Å². The van der Waals surface area contributed by atoms with Crippen LogP contribution in [0.1, 0.15) is 34.9 Å². The Balaban J connectivity index is 1.78. The number of nitrogens with zero attached hydrogens (tertiary/aromatic N) is 1. The second-order valence-electron chi connectivity index (χ2n) is 6.73. The quantitative estimate of drug-likeness (QED) is 0.624. The van der Waals surface area contributed by atoms with E-state index in [9.17, 15) is 10.1 Å². The number of amides is 1. The molecular weight excluding hydrogens is 440 g/mol. The Hall–Kier alpha value is -2.30. The molecule has 1 aliphatic rings. The van der Waals surface area contributed by atoms with E-state index in [4.69, 9.17) is 9.47 Å². The van der Waals surface area contributed by atoms with E-state index < -0.39 is 0 Å². The van der Waals surface area contributed by atoms with Gasteiger partial charge in [-0.1, -0.05) is 6.92 Å². The summed E-state index contributed by atoms with van der Waals surface area (Å²) in [4.78, 5) is 13.6. The Morgan fingerprint density at radius 1 is 1.39 bits per heavy atom. The van der Waals surface area contributed by atoms with Crippen LogP contribution in [0.4, 0.5) is 5.00 Å². The molecule has 146 valence electrons. The summed E-state index contributed by atoms with van der Waals surface area (Å²) >= 11 is 4.96. The summed E-state index contributed by atoms with van der Waals surface area (Å²) in [5.74, 6) is 1.52. The number of hydrogen-bond acceptors (Lipinski definition) is 5. The molecule has 1 N–H and O–H groups in total. The van der Waals surface area contributed by atoms with Crippen molar-refractivity contribution in [1.29, 1.82) is 5.26 Å². The van der Waals surface area contributed by atoms with Gasteiger partial charge in [0, 0.05) is 11.0 Å². The number of carbonyl (C=O) groups excluding carboxylic acids is 1. The lowest BCUT2D eigenvalue weighted by Crippen LogP contribution is -2.10. The third-order valence-corrected chi connectivity index (χ3v) is 6.50. The predicted octanol–water partition coefficient (Wildman–Crippen LogP) is 5.18. The van der Waals surface area contributed by atoms with Crippen LogP contribution in [0.2, 0.25) is 0 Å². The maximum Gasteiger partial charge on any atom is 0.249 e. The van der Waals surface area contributed by atoms with Crippen molar-refractivity contribution in [2.75, 3.05) is 19.5 Å². The van der Waals surface area contributed by atoms with Gasteiger partial charge in [-0.3, -0.25) is 4.79 Å². The third-order valence-electron chi connectivity index (χ3n) is 4.74. The number of fused-ring (bicyclic) bond motifs is 1. The van der Waals surface area contributed by atoms with E-state index in [1.54, 1.807) is 26.4 Å². The molecule has 1 aliphatic carbocycles. The minimum atomic E-state index is -0.269. The molecule has 2 aromatic rings. The second-order valence-corrected chi connectivity index (χ2v) is 8.69. The van der Waals surface area contributed by atoms with E-state index in [-0.39, 0.29) is 5.91 Å². The number of nitriles is 1. The molecule has 0 spiro atoms. The van der Waals surface area contributed by atoms with E-state index in [2.05, 4.69) is 34.2 Å². The van der Waals surface area contributed by atoms with Gasteiger partial charge >= 0.3 is 0 Å². The average molecular weight is 461 g/mol. The van der Waals surface area contributed by atoms with Crippen LogP contribution in [0.5, 0.6) is 11.5 Å². The number of thiophene rings is 1. The van der Waals surface area contributed by atoms with Gasteiger partial charge in [-0.05, 0) is 70.4 Å². The van der Waals surface area contributed by atoms with Gasteiger partial charge in [0.1, 0.15) is 11.1 Å². The van der Waals surface area contributed by atoms with Crippen molar-refractivity contribution < 1.29 is 14.3 Å². The standard InChI is InChI=1S/C21H21BrN2O3S/c1-12-4-6-14-15(11-23)21(28-18(14)8-12)24-19(25)7-5-13-9-16(22)20(27-3)17(10-13)26-2/h5,7,9-10,12H,4,6,8H2,1-3H3,(H,24,25)/b7-5+. The topological polar surface area (TPSA) is 71.3 Å². The number of benzene rings is 1. The highest BCUT2D eigenvalue weighted by atomic mass is 79.9. The fourth-order valence-electron chi connectivity index (χ4n) is 3.32.